The standard InChI is InChI=1S/C11H15N3S2/c1-11(2,3)9(12)10-14-8(5-16-10)7-4-15-6-13-7/h4-6,9H,12H2,1-3H3. The Morgan fingerprint density at radius 2 is 2.00 bits per heavy atom. The summed E-state index contributed by atoms with van der Waals surface area (Å²) in [5.41, 5.74) is 9.90. The second-order valence-corrected chi connectivity index (χ2v) is 6.40. The van der Waals surface area contributed by atoms with Gasteiger partial charge in [-0.3, -0.25) is 0 Å². The maximum absolute atomic E-state index is 6.17. The van der Waals surface area contributed by atoms with Crippen LogP contribution < -0.4 is 5.73 Å². The maximum Gasteiger partial charge on any atom is 0.111 e. The zero-order chi connectivity index (χ0) is 11.8. The number of hydrogen-bond donors (Lipinski definition) is 1. The van der Waals surface area contributed by atoms with Gasteiger partial charge < -0.3 is 5.73 Å². The molecular weight excluding hydrogens is 238 g/mol. The van der Waals surface area contributed by atoms with Crippen LogP contribution in [-0.4, -0.2) is 9.97 Å². The molecule has 0 saturated carbocycles. The molecular formula is C11H15N3S2. The fourth-order valence-electron chi connectivity index (χ4n) is 1.26. The predicted octanol–water partition coefficient (Wildman–Crippen LogP) is 3.31. The van der Waals surface area contributed by atoms with Crippen LogP contribution in [0.15, 0.2) is 16.3 Å². The summed E-state index contributed by atoms with van der Waals surface area (Å²) in [4.78, 5) is 8.80. The Morgan fingerprint density at radius 1 is 1.25 bits per heavy atom. The quantitative estimate of drug-likeness (QED) is 0.893. The van der Waals surface area contributed by atoms with E-state index < -0.39 is 0 Å². The maximum atomic E-state index is 6.17. The Balaban J connectivity index is 2.27. The van der Waals surface area contributed by atoms with Gasteiger partial charge in [-0.1, -0.05) is 20.8 Å². The molecule has 2 rings (SSSR count). The second-order valence-electron chi connectivity index (χ2n) is 4.79. The van der Waals surface area contributed by atoms with Gasteiger partial charge in [0.2, 0.25) is 0 Å². The Bertz CT molecular complexity index is 454. The highest BCUT2D eigenvalue weighted by Gasteiger charge is 2.25. The van der Waals surface area contributed by atoms with E-state index in [2.05, 4.69) is 30.7 Å². The molecule has 0 fully saturated rings. The average molecular weight is 253 g/mol. The van der Waals surface area contributed by atoms with E-state index in [9.17, 15) is 0 Å². The summed E-state index contributed by atoms with van der Waals surface area (Å²) < 4.78 is 0. The third-order valence-electron chi connectivity index (χ3n) is 2.42. The molecule has 1 unspecified atom stereocenters. The van der Waals surface area contributed by atoms with Crippen LogP contribution in [0.25, 0.3) is 11.4 Å². The van der Waals surface area contributed by atoms with Crippen molar-refractivity contribution in [3.05, 3.63) is 21.3 Å². The van der Waals surface area contributed by atoms with Crippen LogP contribution in [0.1, 0.15) is 31.8 Å². The third kappa shape index (κ3) is 2.31. The van der Waals surface area contributed by atoms with Gasteiger partial charge >= 0.3 is 0 Å². The molecule has 0 radical (unpaired) electrons. The Hall–Kier alpha value is -0.780. The van der Waals surface area contributed by atoms with Crippen molar-refractivity contribution in [1.82, 2.24) is 9.97 Å². The van der Waals surface area contributed by atoms with Crippen LogP contribution in [0.5, 0.6) is 0 Å². The third-order valence-corrected chi connectivity index (χ3v) is 3.93. The van der Waals surface area contributed by atoms with E-state index in [1.54, 1.807) is 22.7 Å². The van der Waals surface area contributed by atoms with E-state index in [-0.39, 0.29) is 11.5 Å². The molecule has 3 nitrogen and oxygen atoms in total. The zero-order valence-corrected chi connectivity index (χ0v) is 11.2. The summed E-state index contributed by atoms with van der Waals surface area (Å²) in [7, 11) is 0. The lowest BCUT2D eigenvalue weighted by molar-refractivity contribution is 0.326. The molecule has 0 aliphatic heterocycles. The normalized spacial score (nSPS) is 14.0. The van der Waals surface area contributed by atoms with Crippen molar-refractivity contribution in [2.45, 2.75) is 26.8 Å². The van der Waals surface area contributed by atoms with Crippen LogP contribution in [-0.2, 0) is 0 Å². The monoisotopic (exact) mass is 253 g/mol. The summed E-state index contributed by atoms with van der Waals surface area (Å²) in [5, 5.41) is 5.01. The molecule has 5 heteroatoms. The first-order valence-corrected chi connectivity index (χ1v) is 6.90. The predicted molar refractivity (Wildman–Crippen MR) is 69.6 cm³/mol. The van der Waals surface area contributed by atoms with Gasteiger partial charge in [0, 0.05) is 10.8 Å². The highest BCUT2D eigenvalue weighted by Crippen LogP contribution is 2.33. The first kappa shape index (κ1) is 11.7. The average Bonchev–Trinajstić information content (AvgIpc) is 2.85. The molecule has 86 valence electrons. The summed E-state index contributed by atoms with van der Waals surface area (Å²) in [6, 6.07) is -0.0233. The molecule has 0 bridgehead atoms. The van der Waals surface area contributed by atoms with E-state index in [1.165, 1.54) is 0 Å². The van der Waals surface area contributed by atoms with Gasteiger partial charge in [-0.2, -0.15) is 0 Å². The molecule has 1 atom stereocenters. The molecule has 0 aromatic carbocycles. The molecule has 2 N–H and O–H groups in total. The van der Waals surface area contributed by atoms with Crippen molar-refractivity contribution in [2.24, 2.45) is 11.1 Å². The minimum absolute atomic E-state index is 0.0233. The molecule has 0 saturated heterocycles. The van der Waals surface area contributed by atoms with Gasteiger partial charge in [-0.05, 0) is 5.41 Å². The minimum atomic E-state index is -0.0233. The van der Waals surface area contributed by atoms with Crippen LogP contribution in [0.4, 0.5) is 0 Å². The van der Waals surface area contributed by atoms with Crippen molar-refractivity contribution in [3.63, 3.8) is 0 Å². The molecule has 0 aliphatic carbocycles. The van der Waals surface area contributed by atoms with Gasteiger partial charge in [-0.15, -0.1) is 22.7 Å². The van der Waals surface area contributed by atoms with Crippen LogP contribution in [0, 0.1) is 5.41 Å². The fraction of sp³-hybridized carbons (Fsp3) is 0.455. The molecule has 2 aromatic heterocycles. The van der Waals surface area contributed by atoms with Gasteiger partial charge in [0.25, 0.3) is 0 Å². The van der Waals surface area contributed by atoms with E-state index in [4.69, 9.17) is 5.73 Å². The number of aromatic nitrogens is 2. The number of rotatable bonds is 2. The van der Waals surface area contributed by atoms with E-state index in [0.29, 0.717) is 0 Å². The zero-order valence-electron chi connectivity index (χ0n) is 9.60. The van der Waals surface area contributed by atoms with Crippen molar-refractivity contribution in [1.29, 1.82) is 0 Å². The SMILES string of the molecule is CC(C)(C)C(N)c1nc(-c2cscn2)cs1. The lowest BCUT2D eigenvalue weighted by Gasteiger charge is -2.24. The number of nitrogens with two attached hydrogens (primary N) is 1. The van der Waals surface area contributed by atoms with Crippen LogP contribution >= 0.6 is 22.7 Å². The highest BCUT2D eigenvalue weighted by molar-refractivity contribution is 7.10. The summed E-state index contributed by atoms with van der Waals surface area (Å²) in [6.45, 7) is 6.38. The lowest BCUT2D eigenvalue weighted by atomic mass is 9.88. The van der Waals surface area contributed by atoms with Gasteiger partial charge in [0.1, 0.15) is 16.4 Å². The topological polar surface area (TPSA) is 51.8 Å². The number of nitrogens with zero attached hydrogens (tertiary/aromatic N) is 2. The largest absolute Gasteiger partial charge is 0.322 e. The first-order chi connectivity index (χ1) is 7.48. The van der Waals surface area contributed by atoms with Crippen molar-refractivity contribution < 1.29 is 0 Å². The molecule has 0 spiro atoms. The fourth-order valence-corrected chi connectivity index (χ4v) is 2.86. The lowest BCUT2D eigenvalue weighted by Crippen LogP contribution is -2.26. The Morgan fingerprint density at radius 3 is 2.56 bits per heavy atom. The Labute approximate surface area is 103 Å². The van der Waals surface area contributed by atoms with E-state index >= 15 is 0 Å². The van der Waals surface area contributed by atoms with Gasteiger partial charge in [0.15, 0.2) is 0 Å². The van der Waals surface area contributed by atoms with E-state index in [1.807, 2.05) is 16.3 Å². The number of hydrogen-bond acceptors (Lipinski definition) is 5. The summed E-state index contributed by atoms with van der Waals surface area (Å²) in [5.74, 6) is 0. The van der Waals surface area contributed by atoms with Crippen LogP contribution in [0.3, 0.4) is 0 Å². The second kappa shape index (κ2) is 4.24. The van der Waals surface area contributed by atoms with Crippen molar-refractivity contribution >= 4 is 22.7 Å². The van der Waals surface area contributed by atoms with Crippen molar-refractivity contribution in [3.8, 4) is 11.4 Å². The highest BCUT2D eigenvalue weighted by atomic mass is 32.1. The van der Waals surface area contributed by atoms with Gasteiger partial charge in [0.05, 0.1) is 11.6 Å². The van der Waals surface area contributed by atoms with Crippen molar-refractivity contribution in [2.75, 3.05) is 0 Å². The summed E-state index contributed by atoms with van der Waals surface area (Å²) in [6.07, 6.45) is 0. The van der Waals surface area contributed by atoms with Gasteiger partial charge in [-0.25, -0.2) is 9.97 Å². The smallest absolute Gasteiger partial charge is 0.111 e. The van der Waals surface area contributed by atoms with Crippen LogP contribution in [0.2, 0.25) is 0 Å². The molecule has 16 heavy (non-hydrogen) atoms. The molecule has 2 aromatic rings. The van der Waals surface area contributed by atoms with E-state index in [0.717, 1.165) is 16.4 Å². The number of thiazole rings is 2. The molecule has 0 aliphatic rings. The molecule has 0 amide bonds. The summed E-state index contributed by atoms with van der Waals surface area (Å²) >= 11 is 3.19. The Kier molecular flexibility index (Phi) is 3.10. The molecule has 2 heterocycles. The minimum Gasteiger partial charge on any atom is -0.322 e. The first-order valence-electron chi connectivity index (χ1n) is 5.08.